The Morgan fingerprint density at radius 2 is 1.29 bits per heavy atom. The van der Waals surface area contributed by atoms with Crippen LogP contribution in [-0.4, -0.2) is 21.3 Å². The van der Waals surface area contributed by atoms with Gasteiger partial charge < -0.3 is 14.2 Å². The highest BCUT2D eigenvalue weighted by Crippen LogP contribution is 2.33. The van der Waals surface area contributed by atoms with Crippen molar-refractivity contribution in [2.75, 3.05) is 21.3 Å². The molecular weight excluding hydrogens is 348 g/mol. The summed E-state index contributed by atoms with van der Waals surface area (Å²) in [7, 11) is 5.10. The monoisotopic (exact) mass is 375 g/mol. The Balaban J connectivity index is 1.91. The molecule has 145 valence electrons. The quantitative estimate of drug-likeness (QED) is 0.514. The molecule has 3 nitrogen and oxygen atoms in total. The van der Waals surface area contributed by atoms with Crippen LogP contribution in [-0.2, 0) is 6.42 Å². The summed E-state index contributed by atoms with van der Waals surface area (Å²) in [6.45, 7) is 2.12. The standard InChI is InChI=1S/C25H27O3/c1-18-6-5-7-25(28-4)23(18)16-17-24(19-8-12-21(26-2)13-9-19)20-10-14-22(27-3)15-11-20/h6-15,24H,16-17H2,1-4H3. The molecule has 0 amide bonds. The third-order valence-corrected chi connectivity index (χ3v) is 5.23. The van der Waals surface area contributed by atoms with Crippen LogP contribution in [0.4, 0.5) is 0 Å². The van der Waals surface area contributed by atoms with Crippen LogP contribution in [0.3, 0.4) is 0 Å². The highest BCUT2D eigenvalue weighted by atomic mass is 16.5. The van der Waals surface area contributed by atoms with E-state index in [2.05, 4.69) is 37.3 Å². The van der Waals surface area contributed by atoms with E-state index >= 15 is 0 Å². The second-order valence-electron chi connectivity index (χ2n) is 6.82. The van der Waals surface area contributed by atoms with Gasteiger partial charge in [-0.05, 0) is 78.4 Å². The van der Waals surface area contributed by atoms with Crippen LogP contribution in [0.5, 0.6) is 17.2 Å². The average molecular weight is 375 g/mol. The van der Waals surface area contributed by atoms with Crippen LogP contribution in [0.15, 0.2) is 60.7 Å². The first-order valence-electron chi connectivity index (χ1n) is 9.47. The van der Waals surface area contributed by atoms with Crippen molar-refractivity contribution in [3.63, 3.8) is 0 Å². The van der Waals surface area contributed by atoms with Crippen LogP contribution >= 0.6 is 0 Å². The maximum Gasteiger partial charge on any atom is 0.122 e. The average Bonchev–Trinajstić information content (AvgIpc) is 2.75. The summed E-state index contributed by atoms with van der Waals surface area (Å²) < 4.78 is 16.2. The van der Waals surface area contributed by atoms with Crippen molar-refractivity contribution in [3.8, 4) is 17.2 Å². The maximum absolute atomic E-state index is 5.57. The number of methoxy groups -OCH3 is 3. The molecule has 3 aromatic rings. The fourth-order valence-corrected chi connectivity index (χ4v) is 3.60. The fourth-order valence-electron chi connectivity index (χ4n) is 3.60. The predicted molar refractivity (Wildman–Crippen MR) is 113 cm³/mol. The highest BCUT2D eigenvalue weighted by Gasteiger charge is 2.17. The van der Waals surface area contributed by atoms with Gasteiger partial charge in [-0.1, -0.05) is 30.3 Å². The first kappa shape index (κ1) is 19.8. The third-order valence-electron chi connectivity index (χ3n) is 5.23. The minimum atomic E-state index is 0.269. The Morgan fingerprint density at radius 3 is 1.75 bits per heavy atom. The van der Waals surface area contributed by atoms with Crippen molar-refractivity contribution in [2.45, 2.75) is 25.7 Å². The summed E-state index contributed by atoms with van der Waals surface area (Å²) in [5.74, 6) is 2.91. The molecular formula is C25H27O3. The molecule has 0 unspecified atom stereocenters. The first-order chi connectivity index (χ1) is 13.7. The third kappa shape index (κ3) is 4.48. The lowest BCUT2D eigenvalue weighted by atomic mass is 9.85. The van der Waals surface area contributed by atoms with E-state index in [-0.39, 0.29) is 5.92 Å². The molecule has 0 bridgehead atoms. The zero-order valence-electron chi connectivity index (χ0n) is 17.0. The molecule has 1 radical (unpaired) electrons. The van der Waals surface area contributed by atoms with Crippen LogP contribution in [0.2, 0.25) is 0 Å². The maximum atomic E-state index is 5.57. The van der Waals surface area contributed by atoms with E-state index in [1.807, 2.05) is 36.4 Å². The second kappa shape index (κ2) is 9.32. The van der Waals surface area contributed by atoms with E-state index in [4.69, 9.17) is 14.2 Å². The van der Waals surface area contributed by atoms with Crippen molar-refractivity contribution < 1.29 is 14.2 Å². The number of benzene rings is 3. The molecule has 0 atom stereocenters. The highest BCUT2D eigenvalue weighted by molar-refractivity contribution is 5.41. The van der Waals surface area contributed by atoms with E-state index in [0.29, 0.717) is 0 Å². The number of aryl methyl sites for hydroxylation is 1. The molecule has 0 saturated carbocycles. The lowest BCUT2D eigenvalue weighted by molar-refractivity contribution is 0.408. The van der Waals surface area contributed by atoms with E-state index < -0.39 is 0 Å². The summed E-state index contributed by atoms with van der Waals surface area (Å²) in [4.78, 5) is 0. The Kier molecular flexibility index (Phi) is 6.59. The Morgan fingerprint density at radius 1 is 0.750 bits per heavy atom. The molecule has 0 aliphatic heterocycles. The molecule has 0 spiro atoms. The molecule has 3 aromatic carbocycles. The van der Waals surface area contributed by atoms with E-state index in [1.165, 1.54) is 22.3 Å². The number of hydrogen-bond acceptors (Lipinski definition) is 3. The summed E-state index contributed by atoms with van der Waals surface area (Å²) in [6.07, 6.45) is 1.90. The molecule has 0 aromatic heterocycles. The first-order valence-corrected chi connectivity index (χ1v) is 9.47. The predicted octanol–water partition coefficient (Wildman–Crippen LogP) is 5.59. The number of rotatable bonds is 8. The van der Waals surface area contributed by atoms with E-state index in [0.717, 1.165) is 30.1 Å². The van der Waals surface area contributed by atoms with Gasteiger partial charge in [0.05, 0.1) is 21.3 Å². The van der Waals surface area contributed by atoms with Gasteiger partial charge in [0, 0.05) is 5.92 Å². The minimum Gasteiger partial charge on any atom is -0.497 e. The van der Waals surface area contributed by atoms with Gasteiger partial charge in [-0.3, -0.25) is 0 Å². The van der Waals surface area contributed by atoms with Gasteiger partial charge in [0.2, 0.25) is 0 Å². The van der Waals surface area contributed by atoms with Gasteiger partial charge in [-0.25, -0.2) is 0 Å². The van der Waals surface area contributed by atoms with Crippen molar-refractivity contribution in [1.29, 1.82) is 0 Å². The topological polar surface area (TPSA) is 27.7 Å². The molecule has 0 N–H and O–H groups in total. The second-order valence-corrected chi connectivity index (χ2v) is 6.82. The summed E-state index contributed by atoms with van der Waals surface area (Å²) in [5.41, 5.74) is 4.99. The van der Waals surface area contributed by atoms with Gasteiger partial charge in [0.25, 0.3) is 0 Å². The summed E-state index contributed by atoms with van der Waals surface area (Å²) in [5, 5.41) is 0. The van der Waals surface area contributed by atoms with Crippen LogP contribution in [0, 0.1) is 13.0 Å². The number of hydrogen-bond donors (Lipinski definition) is 0. The Labute approximate surface area is 167 Å². The van der Waals surface area contributed by atoms with Gasteiger partial charge in [-0.2, -0.15) is 0 Å². The normalized spacial score (nSPS) is 10.8. The van der Waals surface area contributed by atoms with Gasteiger partial charge in [0.15, 0.2) is 0 Å². The fraction of sp³-hybridized carbons (Fsp3) is 0.280. The molecule has 0 aliphatic carbocycles. The van der Waals surface area contributed by atoms with Crippen molar-refractivity contribution >= 4 is 0 Å². The molecule has 3 rings (SSSR count). The molecule has 0 heterocycles. The summed E-state index contributed by atoms with van der Waals surface area (Å²) in [6, 6.07) is 23.8. The van der Waals surface area contributed by atoms with Crippen LogP contribution in [0.1, 0.15) is 34.6 Å². The molecule has 0 fully saturated rings. The van der Waals surface area contributed by atoms with Crippen molar-refractivity contribution in [3.05, 3.63) is 89.0 Å². The Hall–Kier alpha value is -2.94. The molecule has 3 heteroatoms. The van der Waals surface area contributed by atoms with Crippen molar-refractivity contribution in [1.82, 2.24) is 0 Å². The van der Waals surface area contributed by atoms with Gasteiger partial charge >= 0.3 is 0 Å². The van der Waals surface area contributed by atoms with E-state index in [9.17, 15) is 0 Å². The minimum absolute atomic E-state index is 0.269. The van der Waals surface area contributed by atoms with Gasteiger partial charge in [0.1, 0.15) is 17.2 Å². The zero-order valence-corrected chi connectivity index (χ0v) is 17.0. The zero-order chi connectivity index (χ0) is 19.9. The Bertz CT molecular complexity index is 835. The number of ether oxygens (including phenoxy) is 3. The molecule has 0 saturated heterocycles. The lowest BCUT2D eigenvalue weighted by Crippen LogP contribution is -2.05. The van der Waals surface area contributed by atoms with Crippen LogP contribution < -0.4 is 14.2 Å². The molecule has 0 aliphatic rings. The van der Waals surface area contributed by atoms with E-state index in [1.54, 1.807) is 21.3 Å². The molecule has 28 heavy (non-hydrogen) atoms. The van der Waals surface area contributed by atoms with Crippen molar-refractivity contribution in [2.24, 2.45) is 0 Å². The SMILES string of the molecule is COc1ccc(C(CCc2c(C)c[c]cc2OC)c2ccc(OC)cc2)cc1. The lowest BCUT2D eigenvalue weighted by Gasteiger charge is -2.20. The summed E-state index contributed by atoms with van der Waals surface area (Å²) >= 11 is 0. The van der Waals surface area contributed by atoms with Gasteiger partial charge in [-0.15, -0.1) is 0 Å². The van der Waals surface area contributed by atoms with Crippen LogP contribution in [0.25, 0.3) is 0 Å². The smallest absolute Gasteiger partial charge is 0.122 e. The largest absolute Gasteiger partial charge is 0.497 e.